The molecule has 0 saturated carbocycles. The van der Waals surface area contributed by atoms with Crippen LogP contribution in [-0.2, 0) is 10.4 Å². The third-order valence-electron chi connectivity index (χ3n) is 0. The first kappa shape index (κ1) is 37.5. The molecule has 0 radical (unpaired) electrons. The molecule has 4 nitrogen and oxygen atoms in total. The van der Waals surface area contributed by atoms with E-state index in [1.54, 1.807) is 0 Å². The Hall–Kier alpha value is -0.275. The Kier molecular flexibility index (Phi) is 44.4. The van der Waals surface area contributed by atoms with Gasteiger partial charge in [-0.2, -0.15) is 8.42 Å². The number of halogens is 3. The first-order chi connectivity index (χ1) is 2.00. The summed E-state index contributed by atoms with van der Waals surface area (Å²) in [5.41, 5.74) is 0. The van der Waals surface area contributed by atoms with Gasteiger partial charge in [0, 0.05) is 0 Å². The standard InChI is InChI=1S/B.3FH.H2O4S/c;;;;1-5(2,3)4/h;3*1H;(H2,1,2,3,4)/q+3;;;;/p-3. The number of rotatable bonds is 0. The van der Waals surface area contributed by atoms with E-state index in [1.165, 1.54) is 0 Å². The Morgan fingerprint density at radius 2 is 0.889 bits per heavy atom. The Labute approximate surface area is 51.5 Å². The van der Waals surface area contributed by atoms with E-state index < -0.39 is 10.4 Å². The molecule has 9 heteroatoms. The molecule has 0 aromatic rings. The summed E-state index contributed by atoms with van der Waals surface area (Å²) in [4.78, 5) is 0. The van der Waals surface area contributed by atoms with Gasteiger partial charge >= 0.3 is 18.8 Å². The zero-order valence-corrected chi connectivity index (χ0v) is 4.65. The molecule has 0 spiro atoms. The van der Waals surface area contributed by atoms with Crippen molar-refractivity contribution in [3.05, 3.63) is 0 Å². The van der Waals surface area contributed by atoms with E-state index in [-0.39, 0.29) is 22.5 Å². The molecular weight excluding hydrogens is 164 g/mol. The first-order valence-electron chi connectivity index (χ1n) is 0.698. The largest absolute Gasteiger partial charge is 3.00 e. The maximum atomic E-state index is 8.74. The second-order valence-electron chi connectivity index (χ2n) is 0.448. The molecule has 0 unspecified atom stereocenters. The van der Waals surface area contributed by atoms with Crippen molar-refractivity contribution < 1.29 is 31.6 Å². The zero-order chi connectivity index (χ0) is 4.50. The average molecular weight is 166 g/mol. The van der Waals surface area contributed by atoms with Crippen LogP contribution in [0.25, 0.3) is 0 Å². The predicted octanol–water partition coefficient (Wildman–Crippen LogP) is -10.0. The number of hydrogen-bond donors (Lipinski definition) is 2. The van der Waals surface area contributed by atoms with Crippen LogP contribution >= 0.6 is 0 Å². The average Bonchev–Trinajstić information content (AvgIpc) is 0.722. The van der Waals surface area contributed by atoms with Crippen molar-refractivity contribution in [1.82, 2.24) is 0 Å². The normalized spacial score (nSPS) is 6.44. The summed E-state index contributed by atoms with van der Waals surface area (Å²) in [5, 5.41) is 0. The van der Waals surface area contributed by atoms with Gasteiger partial charge in [0.2, 0.25) is 0 Å². The molecule has 9 heavy (non-hydrogen) atoms. The van der Waals surface area contributed by atoms with E-state index in [4.69, 9.17) is 17.5 Å². The fourth-order valence-electron chi connectivity index (χ4n) is 0. The third-order valence-corrected chi connectivity index (χ3v) is 0. The van der Waals surface area contributed by atoms with E-state index in [2.05, 4.69) is 0 Å². The predicted molar refractivity (Wildman–Crippen MR) is 19.9 cm³/mol. The molecule has 0 aromatic heterocycles. The van der Waals surface area contributed by atoms with Gasteiger partial charge < -0.3 is 14.1 Å². The van der Waals surface area contributed by atoms with Crippen molar-refractivity contribution in [2.75, 3.05) is 0 Å². The molecule has 56 valence electrons. The monoisotopic (exact) mass is 166 g/mol. The van der Waals surface area contributed by atoms with E-state index in [0.29, 0.717) is 0 Å². The molecule has 0 rings (SSSR count). The van der Waals surface area contributed by atoms with Crippen molar-refractivity contribution >= 4 is 18.8 Å². The summed E-state index contributed by atoms with van der Waals surface area (Å²) in [6, 6.07) is 0. The van der Waals surface area contributed by atoms with Crippen molar-refractivity contribution in [2.24, 2.45) is 0 Å². The van der Waals surface area contributed by atoms with Crippen molar-refractivity contribution in [1.29, 1.82) is 0 Å². The Balaban J connectivity index is -0.0000000133. The molecular formula is H2BF3O4S. The topological polar surface area (TPSA) is 74.6 Å². The minimum Gasteiger partial charge on any atom is -1.00 e. The van der Waals surface area contributed by atoms with Crippen LogP contribution in [0, 0.1) is 0 Å². The summed E-state index contributed by atoms with van der Waals surface area (Å²) in [6.45, 7) is 0. The summed E-state index contributed by atoms with van der Waals surface area (Å²) >= 11 is 0. The quantitative estimate of drug-likeness (QED) is 0.276. The van der Waals surface area contributed by atoms with Gasteiger partial charge in [0.1, 0.15) is 0 Å². The smallest absolute Gasteiger partial charge is 1.00 e. The van der Waals surface area contributed by atoms with Crippen molar-refractivity contribution in [3.8, 4) is 0 Å². The molecule has 0 aliphatic carbocycles. The van der Waals surface area contributed by atoms with Gasteiger partial charge in [-0.05, 0) is 0 Å². The van der Waals surface area contributed by atoms with Crippen LogP contribution in [0.4, 0.5) is 0 Å². The third kappa shape index (κ3) is 3350. The van der Waals surface area contributed by atoms with E-state index in [0.717, 1.165) is 0 Å². The molecule has 0 fully saturated rings. The van der Waals surface area contributed by atoms with E-state index in [9.17, 15) is 0 Å². The summed E-state index contributed by atoms with van der Waals surface area (Å²) in [7, 11) is -4.67. The van der Waals surface area contributed by atoms with Gasteiger partial charge in [-0.15, -0.1) is 0 Å². The molecule has 0 aliphatic heterocycles. The minimum absolute atomic E-state index is 0. The van der Waals surface area contributed by atoms with Gasteiger partial charge in [0.25, 0.3) is 0 Å². The molecule has 0 bridgehead atoms. The first-order valence-corrected chi connectivity index (χ1v) is 2.10. The molecule has 0 saturated heterocycles. The van der Waals surface area contributed by atoms with Crippen molar-refractivity contribution in [2.45, 2.75) is 0 Å². The van der Waals surface area contributed by atoms with Crippen LogP contribution in [0.15, 0.2) is 0 Å². The van der Waals surface area contributed by atoms with Crippen LogP contribution in [0.1, 0.15) is 0 Å². The van der Waals surface area contributed by atoms with Gasteiger partial charge in [0.05, 0.1) is 0 Å². The fraction of sp³-hybridized carbons (Fsp3) is 0. The van der Waals surface area contributed by atoms with Crippen LogP contribution in [0.5, 0.6) is 0 Å². The van der Waals surface area contributed by atoms with Gasteiger partial charge in [0.15, 0.2) is 0 Å². The molecule has 2 N–H and O–H groups in total. The zero-order valence-electron chi connectivity index (χ0n) is 3.83. The molecule has 0 atom stereocenters. The Morgan fingerprint density at radius 1 is 0.889 bits per heavy atom. The molecule has 0 aromatic carbocycles. The molecule has 0 heterocycles. The van der Waals surface area contributed by atoms with Crippen molar-refractivity contribution in [3.63, 3.8) is 0 Å². The summed E-state index contributed by atoms with van der Waals surface area (Å²) in [5.74, 6) is 0. The minimum atomic E-state index is -4.67. The maximum Gasteiger partial charge on any atom is 3.00 e. The van der Waals surface area contributed by atoms with E-state index in [1.807, 2.05) is 0 Å². The molecule has 0 amide bonds. The second-order valence-corrected chi connectivity index (χ2v) is 1.34. The summed E-state index contributed by atoms with van der Waals surface area (Å²) < 4.78 is 31.6. The van der Waals surface area contributed by atoms with Crippen LogP contribution in [0.2, 0.25) is 0 Å². The van der Waals surface area contributed by atoms with Crippen LogP contribution in [-0.4, -0.2) is 25.9 Å². The number of hydrogen-bond acceptors (Lipinski definition) is 2. The molecule has 0 aliphatic rings. The Morgan fingerprint density at radius 3 is 0.889 bits per heavy atom. The van der Waals surface area contributed by atoms with Gasteiger partial charge in [-0.3, -0.25) is 9.11 Å². The van der Waals surface area contributed by atoms with E-state index >= 15 is 0 Å². The van der Waals surface area contributed by atoms with Gasteiger partial charge in [-0.25, -0.2) is 0 Å². The van der Waals surface area contributed by atoms with Gasteiger partial charge in [-0.1, -0.05) is 0 Å². The SMILES string of the molecule is O=S(=O)(O)O.[B+3].[F-].[F-].[F-]. The Bertz CT molecular complexity index is 99.0. The maximum absolute atomic E-state index is 8.74. The van der Waals surface area contributed by atoms with Crippen LogP contribution in [0.3, 0.4) is 0 Å². The van der Waals surface area contributed by atoms with Crippen LogP contribution < -0.4 is 14.1 Å². The fourth-order valence-corrected chi connectivity index (χ4v) is 0. The summed E-state index contributed by atoms with van der Waals surface area (Å²) in [6.07, 6.45) is 0. The second kappa shape index (κ2) is 10.7.